The van der Waals surface area contributed by atoms with Crippen molar-refractivity contribution in [3.63, 3.8) is 0 Å². The summed E-state index contributed by atoms with van der Waals surface area (Å²) >= 11 is 1.35. The highest BCUT2D eigenvalue weighted by atomic mass is 32.2. The number of aromatic amines is 1. The predicted octanol–water partition coefficient (Wildman–Crippen LogP) is 4.30. The Hall–Kier alpha value is -3.65. The fraction of sp³-hybridized carbons (Fsp3) is 0.231. The number of carbonyl (C=O) groups is 1. The Labute approximate surface area is 201 Å². The maximum Gasteiger partial charge on any atom is 0.325 e. The van der Waals surface area contributed by atoms with Gasteiger partial charge in [0.1, 0.15) is 5.75 Å². The second kappa shape index (κ2) is 8.95. The number of thioether (sulfide) groups is 1. The number of ether oxygens (including phenoxy) is 1. The van der Waals surface area contributed by atoms with Crippen LogP contribution in [0.2, 0.25) is 0 Å². The zero-order valence-corrected chi connectivity index (χ0v) is 20.1. The van der Waals surface area contributed by atoms with Gasteiger partial charge in [0.2, 0.25) is 11.1 Å². The number of nitrogens with zero attached hydrogens (tertiary/aromatic N) is 3. The van der Waals surface area contributed by atoms with E-state index in [2.05, 4.69) is 4.98 Å². The fourth-order valence-electron chi connectivity index (χ4n) is 4.65. The van der Waals surface area contributed by atoms with Gasteiger partial charge in [-0.2, -0.15) is 0 Å². The summed E-state index contributed by atoms with van der Waals surface area (Å²) in [4.78, 5) is 31.7. The average Bonchev–Trinajstić information content (AvgIpc) is 2.87. The Morgan fingerprint density at radius 2 is 1.91 bits per heavy atom. The smallest absolute Gasteiger partial charge is 0.325 e. The number of nitrogens with one attached hydrogen (secondary N) is 1. The van der Waals surface area contributed by atoms with Crippen molar-refractivity contribution in [1.29, 1.82) is 0 Å². The first-order valence-electron chi connectivity index (χ1n) is 11.2. The monoisotopic (exact) mass is 473 g/mol. The highest BCUT2D eigenvalue weighted by Crippen LogP contribution is 2.42. The summed E-state index contributed by atoms with van der Waals surface area (Å²) in [6, 6.07) is 19.4. The van der Waals surface area contributed by atoms with E-state index >= 15 is 0 Å². The molecule has 0 saturated carbocycles. The number of carbonyl (C=O) groups excluding carboxylic acids is 1. The molecule has 0 bridgehead atoms. The van der Waals surface area contributed by atoms with Crippen LogP contribution >= 0.6 is 11.8 Å². The van der Waals surface area contributed by atoms with Crippen molar-refractivity contribution in [2.45, 2.75) is 31.1 Å². The van der Waals surface area contributed by atoms with Gasteiger partial charge in [0.15, 0.2) is 0 Å². The van der Waals surface area contributed by atoms with Crippen LogP contribution in [0.15, 0.2) is 70.6 Å². The molecule has 1 aromatic heterocycles. The number of aromatic nitrogens is 3. The van der Waals surface area contributed by atoms with Gasteiger partial charge in [0.05, 0.1) is 23.9 Å². The topological polar surface area (TPSA) is 79.2 Å². The van der Waals surface area contributed by atoms with Crippen LogP contribution in [0.5, 0.6) is 5.75 Å². The molecule has 1 amide bonds. The normalized spacial score (nSPS) is 14.6. The molecule has 172 valence electrons. The summed E-state index contributed by atoms with van der Waals surface area (Å²) in [7, 11) is 1.62. The molecular formula is C26H25N4O3S+. The lowest BCUT2D eigenvalue weighted by Gasteiger charge is -2.33. The van der Waals surface area contributed by atoms with E-state index in [0.717, 1.165) is 16.3 Å². The van der Waals surface area contributed by atoms with E-state index in [1.54, 1.807) is 16.7 Å². The molecule has 0 unspecified atom stereocenters. The summed E-state index contributed by atoms with van der Waals surface area (Å²) in [5.41, 5.74) is 2.30. The van der Waals surface area contributed by atoms with Crippen LogP contribution < -0.4 is 19.9 Å². The van der Waals surface area contributed by atoms with Crippen LogP contribution in [-0.2, 0) is 4.79 Å². The molecule has 4 aromatic rings. The number of H-pyrrole nitrogens is 1. The number of rotatable bonds is 5. The van der Waals surface area contributed by atoms with Gasteiger partial charge in [-0.05, 0) is 46.3 Å². The third kappa shape index (κ3) is 3.45. The molecule has 0 spiro atoms. The van der Waals surface area contributed by atoms with Gasteiger partial charge in [0.25, 0.3) is 6.17 Å². The van der Waals surface area contributed by atoms with E-state index in [1.165, 1.54) is 11.8 Å². The van der Waals surface area contributed by atoms with Crippen LogP contribution in [0.25, 0.3) is 22.0 Å². The molecule has 0 radical (unpaired) electrons. The van der Waals surface area contributed by atoms with Crippen LogP contribution in [0.4, 0.5) is 5.69 Å². The van der Waals surface area contributed by atoms with Gasteiger partial charge in [0, 0.05) is 11.5 Å². The zero-order chi connectivity index (χ0) is 23.8. The molecule has 8 heteroatoms. The summed E-state index contributed by atoms with van der Waals surface area (Å²) in [6.45, 7) is 1.98. The number of anilines is 1. The second-order valence-electron chi connectivity index (χ2n) is 8.06. The van der Waals surface area contributed by atoms with Gasteiger partial charge in [-0.25, -0.2) is 4.90 Å². The van der Waals surface area contributed by atoms with Gasteiger partial charge >= 0.3 is 11.3 Å². The molecule has 0 saturated heterocycles. The third-order valence-electron chi connectivity index (χ3n) is 6.09. The second-order valence-corrected chi connectivity index (χ2v) is 8.86. The maximum atomic E-state index is 13.7. The minimum absolute atomic E-state index is 0.0409. The molecule has 3 aromatic carbocycles. The van der Waals surface area contributed by atoms with Crippen molar-refractivity contribution in [3.8, 4) is 17.0 Å². The number of hydrogen-bond donors (Lipinski definition) is 1. The van der Waals surface area contributed by atoms with Gasteiger partial charge < -0.3 is 4.74 Å². The Balaban J connectivity index is 1.93. The predicted molar refractivity (Wildman–Crippen MR) is 133 cm³/mol. The Bertz CT molecular complexity index is 1470. The Morgan fingerprint density at radius 3 is 2.68 bits per heavy atom. The summed E-state index contributed by atoms with van der Waals surface area (Å²) in [6.07, 6.45) is 2.23. The molecule has 5 rings (SSSR count). The first-order chi connectivity index (χ1) is 16.6. The number of para-hydroxylation sites is 1. The Kier molecular flexibility index (Phi) is 5.83. The van der Waals surface area contributed by atoms with Crippen LogP contribution in [0.3, 0.4) is 0 Å². The van der Waals surface area contributed by atoms with E-state index in [0.29, 0.717) is 40.7 Å². The van der Waals surface area contributed by atoms with Crippen molar-refractivity contribution < 1.29 is 14.2 Å². The molecule has 34 heavy (non-hydrogen) atoms. The minimum Gasteiger partial charge on any atom is -0.496 e. The molecule has 0 aliphatic carbocycles. The largest absolute Gasteiger partial charge is 0.496 e. The first kappa shape index (κ1) is 22.2. The number of hydrogen-bond acceptors (Lipinski definition) is 5. The van der Waals surface area contributed by atoms with Crippen molar-refractivity contribution in [3.05, 3.63) is 76.6 Å². The molecule has 2 heterocycles. The summed E-state index contributed by atoms with van der Waals surface area (Å²) in [5.74, 6) is 0.587. The molecule has 0 fully saturated rings. The lowest BCUT2D eigenvalue weighted by Crippen LogP contribution is -2.61. The molecule has 1 atom stereocenters. The molecule has 7 nitrogen and oxygen atoms in total. The molecule has 1 N–H and O–H groups in total. The molecule has 1 aliphatic heterocycles. The van der Waals surface area contributed by atoms with Gasteiger partial charge in [-0.3, -0.25) is 14.6 Å². The van der Waals surface area contributed by atoms with Crippen LogP contribution in [0.1, 0.15) is 31.5 Å². The van der Waals surface area contributed by atoms with Crippen molar-refractivity contribution in [2.75, 3.05) is 18.3 Å². The highest BCUT2D eigenvalue weighted by Gasteiger charge is 2.47. The first-order valence-corrected chi connectivity index (χ1v) is 12.4. The van der Waals surface area contributed by atoms with Crippen molar-refractivity contribution in [2.24, 2.45) is 0 Å². The van der Waals surface area contributed by atoms with E-state index in [-0.39, 0.29) is 11.5 Å². The SMILES string of the molecule is CCCC(=O)N1c2ccccc2-c2c(=O)[nH]c(SC)n[n+]2[C@H]1c1c(OC)ccc2ccccc12. The van der Waals surface area contributed by atoms with Gasteiger partial charge in [-0.1, -0.05) is 61.2 Å². The quantitative estimate of drug-likeness (QED) is 0.345. The third-order valence-corrected chi connectivity index (χ3v) is 6.66. The number of fused-ring (bicyclic) bond motifs is 4. The standard InChI is InChI=1S/C26H24N4O3S/c1-4-9-21(31)29-19-13-8-7-12-18(19)23-24(32)27-26(34-3)28-30(23)25(29)22-17-11-6-5-10-16(17)14-15-20(22)33-2/h5-8,10-15,25H,4,9H2,1-3H3/p+1/t25-/m0/s1. The fourth-order valence-corrected chi connectivity index (χ4v) is 5.01. The number of amides is 1. The highest BCUT2D eigenvalue weighted by molar-refractivity contribution is 7.98. The van der Waals surface area contributed by atoms with Crippen molar-refractivity contribution >= 4 is 34.1 Å². The van der Waals surface area contributed by atoms with E-state index in [4.69, 9.17) is 9.84 Å². The number of methoxy groups -OCH3 is 1. The van der Waals surface area contributed by atoms with E-state index in [9.17, 15) is 9.59 Å². The van der Waals surface area contributed by atoms with Crippen LogP contribution in [-0.4, -0.2) is 29.4 Å². The van der Waals surface area contributed by atoms with E-state index < -0.39 is 6.17 Å². The summed E-state index contributed by atoms with van der Waals surface area (Å²) < 4.78 is 7.50. The van der Waals surface area contributed by atoms with E-state index in [1.807, 2.05) is 73.8 Å². The minimum atomic E-state index is -0.696. The molecular weight excluding hydrogens is 448 g/mol. The zero-order valence-electron chi connectivity index (χ0n) is 19.2. The molecule has 1 aliphatic rings. The summed E-state index contributed by atoms with van der Waals surface area (Å²) in [5, 5.41) is 7.22. The van der Waals surface area contributed by atoms with Crippen molar-refractivity contribution in [1.82, 2.24) is 10.1 Å². The van der Waals surface area contributed by atoms with Crippen LogP contribution in [0, 0.1) is 0 Å². The average molecular weight is 474 g/mol. The van der Waals surface area contributed by atoms with Gasteiger partial charge in [-0.15, -0.1) is 0 Å². The Morgan fingerprint density at radius 1 is 1.15 bits per heavy atom. The number of benzene rings is 3. The lowest BCUT2D eigenvalue weighted by molar-refractivity contribution is -0.763. The maximum absolute atomic E-state index is 13.7. The lowest BCUT2D eigenvalue weighted by atomic mass is 9.96.